The van der Waals surface area contributed by atoms with Gasteiger partial charge in [0.2, 0.25) is 5.91 Å². The van der Waals surface area contributed by atoms with Crippen molar-refractivity contribution in [2.24, 2.45) is 5.92 Å². The number of aliphatic hydroxyl groups is 1. The number of likely N-dealkylation sites (tertiary alicyclic amines) is 1. The van der Waals surface area contributed by atoms with Crippen LogP contribution in [0.15, 0.2) is 0 Å². The molecule has 0 bridgehead atoms. The highest BCUT2D eigenvalue weighted by atomic mass is 16.3. The van der Waals surface area contributed by atoms with E-state index in [9.17, 15) is 9.90 Å². The average Bonchev–Trinajstić information content (AvgIpc) is 2.70. The molecule has 1 N–H and O–H groups in total. The van der Waals surface area contributed by atoms with Crippen LogP contribution in [0.4, 0.5) is 0 Å². The maximum Gasteiger partial charge on any atom is 0.222 e. The molecule has 1 atom stereocenters. The van der Waals surface area contributed by atoms with E-state index in [1.165, 1.54) is 11.3 Å². The second kappa shape index (κ2) is 7.27. The lowest BCUT2D eigenvalue weighted by atomic mass is 10.0. The molecule has 5 nitrogen and oxygen atoms in total. The lowest BCUT2D eigenvalue weighted by Gasteiger charge is -2.30. The van der Waals surface area contributed by atoms with Gasteiger partial charge in [-0.15, -0.1) is 0 Å². The second-order valence-electron chi connectivity index (χ2n) is 6.86. The standard InChI is InChI=1S/C17H29N3O2/c1-12(2)10-20-14(4)16(13(3)18-20)7-8-17(22)19-9-5-6-15(21)11-19/h12,15,21H,5-11H2,1-4H3. The molecule has 124 valence electrons. The molecule has 0 aromatic carbocycles. The van der Waals surface area contributed by atoms with Gasteiger partial charge in [-0.1, -0.05) is 13.8 Å². The number of hydrogen-bond donors (Lipinski definition) is 1. The summed E-state index contributed by atoms with van der Waals surface area (Å²) in [5.41, 5.74) is 3.41. The van der Waals surface area contributed by atoms with Crippen LogP contribution in [0.5, 0.6) is 0 Å². The van der Waals surface area contributed by atoms with Crippen molar-refractivity contribution in [1.29, 1.82) is 0 Å². The van der Waals surface area contributed by atoms with E-state index >= 15 is 0 Å². The molecule has 1 fully saturated rings. The summed E-state index contributed by atoms with van der Waals surface area (Å²) in [5.74, 6) is 0.705. The van der Waals surface area contributed by atoms with Crippen molar-refractivity contribution in [3.05, 3.63) is 17.0 Å². The molecule has 0 radical (unpaired) electrons. The fourth-order valence-corrected chi connectivity index (χ4v) is 3.19. The smallest absolute Gasteiger partial charge is 0.222 e. The molecule has 1 aliphatic rings. The molecule has 2 rings (SSSR count). The molecule has 1 aromatic rings. The first kappa shape index (κ1) is 17.0. The molecule has 1 aromatic heterocycles. The summed E-state index contributed by atoms with van der Waals surface area (Å²) in [6.07, 6.45) is 2.60. The first-order chi connectivity index (χ1) is 10.4. The Kier molecular flexibility index (Phi) is 5.62. The number of nitrogens with zero attached hydrogens (tertiary/aromatic N) is 3. The van der Waals surface area contributed by atoms with Crippen molar-refractivity contribution in [3.8, 4) is 0 Å². The Balaban J connectivity index is 1.96. The third-order valence-electron chi connectivity index (χ3n) is 4.41. The molecule has 22 heavy (non-hydrogen) atoms. The predicted molar refractivity (Wildman–Crippen MR) is 86.7 cm³/mol. The Hall–Kier alpha value is -1.36. The highest BCUT2D eigenvalue weighted by Gasteiger charge is 2.22. The van der Waals surface area contributed by atoms with Crippen LogP contribution < -0.4 is 0 Å². The molecule has 5 heteroatoms. The number of rotatable bonds is 5. The Bertz CT molecular complexity index is 522. The molecular weight excluding hydrogens is 278 g/mol. The quantitative estimate of drug-likeness (QED) is 0.906. The maximum atomic E-state index is 12.3. The van der Waals surface area contributed by atoms with Gasteiger partial charge in [-0.05, 0) is 44.6 Å². The van der Waals surface area contributed by atoms with Gasteiger partial charge in [0.25, 0.3) is 0 Å². The van der Waals surface area contributed by atoms with Crippen LogP contribution >= 0.6 is 0 Å². The SMILES string of the molecule is Cc1nn(CC(C)C)c(C)c1CCC(=O)N1CCCC(O)C1. The van der Waals surface area contributed by atoms with Crippen molar-refractivity contribution >= 4 is 5.91 Å². The monoisotopic (exact) mass is 307 g/mol. The summed E-state index contributed by atoms with van der Waals surface area (Å²) in [6, 6.07) is 0. The minimum Gasteiger partial charge on any atom is -0.391 e. The van der Waals surface area contributed by atoms with Gasteiger partial charge in [-0.2, -0.15) is 5.10 Å². The van der Waals surface area contributed by atoms with Crippen LogP contribution in [0, 0.1) is 19.8 Å². The van der Waals surface area contributed by atoms with Crippen LogP contribution in [-0.2, 0) is 17.8 Å². The number of carbonyl (C=O) groups is 1. The van der Waals surface area contributed by atoms with Crippen molar-refractivity contribution in [2.75, 3.05) is 13.1 Å². The maximum absolute atomic E-state index is 12.3. The van der Waals surface area contributed by atoms with Crippen LogP contribution in [0.2, 0.25) is 0 Å². The summed E-state index contributed by atoms with van der Waals surface area (Å²) >= 11 is 0. The number of carbonyl (C=O) groups excluding carboxylic acids is 1. The molecule has 1 amide bonds. The Morgan fingerprint density at radius 2 is 2.14 bits per heavy atom. The van der Waals surface area contributed by atoms with E-state index in [0.29, 0.717) is 18.9 Å². The number of aromatic nitrogens is 2. The first-order valence-corrected chi connectivity index (χ1v) is 8.37. The zero-order valence-corrected chi connectivity index (χ0v) is 14.3. The molecule has 1 unspecified atom stereocenters. The number of β-amino-alcohol motifs (C(OH)–C–C–N with tert-alkyl or cyclic N) is 1. The van der Waals surface area contributed by atoms with E-state index in [4.69, 9.17) is 0 Å². The number of piperidine rings is 1. The van der Waals surface area contributed by atoms with E-state index in [1.807, 2.05) is 6.92 Å². The Morgan fingerprint density at radius 3 is 2.77 bits per heavy atom. The zero-order valence-electron chi connectivity index (χ0n) is 14.3. The lowest BCUT2D eigenvalue weighted by molar-refractivity contribution is -0.134. The van der Waals surface area contributed by atoms with Crippen molar-refractivity contribution in [3.63, 3.8) is 0 Å². The van der Waals surface area contributed by atoms with Crippen LogP contribution in [-0.4, -0.2) is 44.9 Å². The zero-order chi connectivity index (χ0) is 16.3. The average molecular weight is 307 g/mol. The van der Waals surface area contributed by atoms with Gasteiger partial charge in [-0.25, -0.2) is 0 Å². The minimum atomic E-state index is -0.352. The Morgan fingerprint density at radius 1 is 1.41 bits per heavy atom. The molecule has 0 aliphatic carbocycles. The van der Waals surface area contributed by atoms with E-state index in [1.54, 1.807) is 4.90 Å². The summed E-state index contributed by atoms with van der Waals surface area (Å²) in [4.78, 5) is 14.1. The van der Waals surface area contributed by atoms with Crippen LogP contribution in [0.25, 0.3) is 0 Å². The van der Waals surface area contributed by atoms with Crippen LogP contribution in [0.1, 0.15) is 50.1 Å². The minimum absolute atomic E-state index is 0.147. The van der Waals surface area contributed by atoms with Gasteiger partial charge >= 0.3 is 0 Å². The summed E-state index contributed by atoms with van der Waals surface area (Å²) in [5, 5.41) is 14.3. The molecular formula is C17H29N3O2. The molecule has 0 saturated carbocycles. The number of aliphatic hydroxyl groups excluding tert-OH is 1. The van der Waals surface area contributed by atoms with E-state index in [2.05, 4.69) is 30.6 Å². The summed E-state index contributed by atoms with van der Waals surface area (Å²) < 4.78 is 2.06. The lowest BCUT2D eigenvalue weighted by Crippen LogP contribution is -2.42. The number of aryl methyl sites for hydroxylation is 1. The van der Waals surface area contributed by atoms with Crippen molar-refractivity contribution < 1.29 is 9.90 Å². The van der Waals surface area contributed by atoms with E-state index in [-0.39, 0.29) is 12.0 Å². The van der Waals surface area contributed by atoms with Gasteiger partial charge in [0.1, 0.15) is 0 Å². The van der Waals surface area contributed by atoms with Gasteiger partial charge in [0.15, 0.2) is 0 Å². The third kappa shape index (κ3) is 4.09. The Labute approximate surface area is 133 Å². The van der Waals surface area contributed by atoms with Crippen molar-refractivity contribution in [1.82, 2.24) is 14.7 Å². The topological polar surface area (TPSA) is 58.4 Å². The van der Waals surface area contributed by atoms with Gasteiger partial charge in [0, 0.05) is 31.7 Å². The van der Waals surface area contributed by atoms with E-state index in [0.717, 1.165) is 38.0 Å². The normalized spacial score (nSPS) is 19.0. The van der Waals surface area contributed by atoms with E-state index < -0.39 is 0 Å². The van der Waals surface area contributed by atoms with Gasteiger partial charge in [0.05, 0.1) is 11.8 Å². The van der Waals surface area contributed by atoms with Gasteiger partial charge in [-0.3, -0.25) is 9.48 Å². The first-order valence-electron chi connectivity index (χ1n) is 8.37. The fourth-order valence-electron chi connectivity index (χ4n) is 3.19. The number of amides is 1. The van der Waals surface area contributed by atoms with Gasteiger partial charge < -0.3 is 10.0 Å². The molecule has 2 heterocycles. The molecule has 0 spiro atoms. The highest BCUT2D eigenvalue weighted by molar-refractivity contribution is 5.76. The fraction of sp³-hybridized carbons (Fsp3) is 0.765. The highest BCUT2D eigenvalue weighted by Crippen LogP contribution is 2.18. The summed E-state index contributed by atoms with van der Waals surface area (Å²) in [7, 11) is 0. The number of hydrogen-bond acceptors (Lipinski definition) is 3. The summed E-state index contributed by atoms with van der Waals surface area (Å²) in [6.45, 7) is 10.7. The second-order valence-corrected chi connectivity index (χ2v) is 6.86. The van der Waals surface area contributed by atoms with Crippen LogP contribution in [0.3, 0.4) is 0 Å². The molecule has 1 aliphatic heterocycles. The molecule has 1 saturated heterocycles. The third-order valence-corrected chi connectivity index (χ3v) is 4.41. The predicted octanol–water partition coefficient (Wildman–Crippen LogP) is 2.07. The largest absolute Gasteiger partial charge is 0.391 e. The van der Waals surface area contributed by atoms with Crippen molar-refractivity contribution in [2.45, 2.75) is 66.0 Å².